The van der Waals surface area contributed by atoms with Crippen LogP contribution in [0.3, 0.4) is 0 Å². The molecule has 0 atom stereocenters. The van der Waals surface area contributed by atoms with E-state index in [1.165, 1.54) is 31.3 Å². The molecule has 0 unspecified atom stereocenters. The first-order valence-electron chi connectivity index (χ1n) is 5.48. The highest BCUT2D eigenvalue weighted by Gasteiger charge is 2.22. The fourth-order valence-corrected chi connectivity index (χ4v) is 2.99. The molecule has 2 rings (SSSR count). The van der Waals surface area contributed by atoms with Crippen molar-refractivity contribution in [3.05, 3.63) is 51.9 Å². The quantitative estimate of drug-likeness (QED) is 0.899. The van der Waals surface area contributed by atoms with E-state index in [9.17, 15) is 18.3 Å². The molecule has 0 spiro atoms. The predicted molar refractivity (Wildman–Crippen MR) is 75.8 cm³/mol. The molecule has 0 radical (unpaired) electrons. The van der Waals surface area contributed by atoms with Crippen LogP contribution in [0.25, 0.3) is 0 Å². The Morgan fingerprint density at radius 3 is 2.60 bits per heavy atom. The number of hydrogen-bond donors (Lipinski definition) is 2. The molecule has 20 heavy (non-hydrogen) atoms. The maximum absolute atomic E-state index is 12.4. The Bertz CT molecular complexity index is 801. The second-order valence-electron chi connectivity index (χ2n) is 4.00. The van der Waals surface area contributed by atoms with Gasteiger partial charge in [0.05, 0.1) is 5.69 Å². The van der Waals surface area contributed by atoms with Crippen molar-refractivity contribution < 1.29 is 13.5 Å². The van der Waals surface area contributed by atoms with Crippen molar-refractivity contribution in [1.29, 1.82) is 0 Å². The van der Waals surface area contributed by atoms with Crippen molar-refractivity contribution in [2.24, 2.45) is 0 Å². The van der Waals surface area contributed by atoms with Gasteiger partial charge in [-0.2, -0.15) is 0 Å². The minimum Gasteiger partial charge on any atom is -0.508 e. The molecular weight excluding hydrogens is 304 g/mol. The van der Waals surface area contributed by atoms with Crippen molar-refractivity contribution in [3.8, 4) is 5.75 Å². The molecule has 0 fully saturated rings. The molecule has 0 aliphatic heterocycles. The van der Waals surface area contributed by atoms with Crippen molar-refractivity contribution in [3.63, 3.8) is 0 Å². The number of phenols is 1. The van der Waals surface area contributed by atoms with E-state index < -0.39 is 15.6 Å². The number of aromatic amines is 1. The van der Waals surface area contributed by atoms with E-state index in [2.05, 4.69) is 4.98 Å². The molecule has 0 bridgehead atoms. The van der Waals surface area contributed by atoms with E-state index in [1.54, 1.807) is 0 Å². The molecule has 2 N–H and O–H groups in total. The summed E-state index contributed by atoms with van der Waals surface area (Å²) in [5, 5.41) is 9.18. The van der Waals surface area contributed by atoms with Crippen molar-refractivity contribution in [1.82, 2.24) is 4.98 Å². The van der Waals surface area contributed by atoms with Crippen LogP contribution in [-0.2, 0) is 10.0 Å². The molecule has 0 aliphatic carbocycles. The number of sulfonamides is 1. The molecule has 106 valence electrons. The molecular formula is C12H11ClN2O4S. The summed E-state index contributed by atoms with van der Waals surface area (Å²) < 4.78 is 25.7. The zero-order valence-electron chi connectivity index (χ0n) is 10.4. The highest BCUT2D eigenvalue weighted by Crippen LogP contribution is 2.24. The Labute approximate surface area is 120 Å². The summed E-state index contributed by atoms with van der Waals surface area (Å²) >= 11 is 5.63. The average Bonchev–Trinajstić information content (AvgIpc) is 2.40. The second kappa shape index (κ2) is 5.18. The second-order valence-corrected chi connectivity index (χ2v) is 6.38. The Morgan fingerprint density at radius 2 is 2.00 bits per heavy atom. The number of phenolic OH excluding ortho intramolecular Hbond substituents is 1. The van der Waals surface area contributed by atoms with E-state index >= 15 is 0 Å². The monoisotopic (exact) mass is 314 g/mol. The normalized spacial score (nSPS) is 11.3. The summed E-state index contributed by atoms with van der Waals surface area (Å²) in [5.74, 6) is -0.0518. The third kappa shape index (κ3) is 2.63. The van der Waals surface area contributed by atoms with Crippen molar-refractivity contribution in [2.45, 2.75) is 4.90 Å². The summed E-state index contributed by atoms with van der Waals surface area (Å²) in [5.41, 5.74) is -0.280. The minimum atomic E-state index is -3.88. The van der Waals surface area contributed by atoms with Crippen LogP contribution < -0.4 is 9.86 Å². The highest BCUT2D eigenvalue weighted by atomic mass is 35.5. The minimum absolute atomic E-state index is 0.0518. The molecule has 8 heteroatoms. The number of rotatable bonds is 3. The first-order chi connectivity index (χ1) is 9.32. The Kier molecular flexibility index (Phi) is 3.74. The van der Waals surface area contributed by atoms with Crippen LogP contribution in [0.2, 0.25) is 5.02 Å². The Hall–Kier alpha value is -1.99. The van der Waals surface area contributed by atoms with Crippen molar-refractivity contribution >= 4 is 27.3 Å². The van der Waals surface area contributed by atoms with Gasteiger partial charge in [0.15, 0.2) is 0 Å². The largest absolute Gasteiger partial charge is 0.508 e. The SMILES string of the molecule is CN(c1cccc(O)c1)S(=O)(=O)c1c[nH]c(=O)c(Cl)c1. The zero-order valence-corrected chi connectivity index (χ0v) is 11.9. The number of nitrogens with one attached hydrogen (secondary N) is 1. The lowest BCUT2D eigenvalue weighted by Gasteiger charge is -2.19. The molecule has 1 heterocycles. The lowest BCUT2D eigenvalue weighted by atomic mass is 10.3. The van der Waals surface area contributed by atoms with Crippen LogP contribution >= 0.6 is 11.6 Å². The molecule has 1 aromatic heterocycles. The van der Waals surface area contributed by atoms with Crippen LogP contribution in [0.4, 0.5) is 5.69 Å². The summed E-state index contributed by atoms with van der Waals surface area (Å²) in [6.45, 7) is 0. The van der Waals surface area contributed by atoms with E-state index in [0.29, 0.717) is 0 Å². The van der Waals surface area contributed by atoms with Crippen LogP contribution in [0.15, 0.2) is 46.2 Å². The average molecular weight is 315 g/mol. The number of benzene rings is 1. The van der Waals surface area contributed by atoms with E-state index in [4.69, 9.17) is 11.6 Å². The van der Waals surface area contributed by atoms with Gasteiger partial charge in [0, 0.05) is 19.3 Å². The van der Waals surface area contributed by atoms with Gasteiger partial charge in [-0.3, -0.25) is 9.10 Å². The number of hydrogen-bond acceptors (Lipinski definition) is 4. The molecule has 0 aliphatic rings. The number of H-pyrrole nitrogens is 1. The number of aromatic nitrogens is 1. The number of aromatic hydroxyl groups is 1. The van der Waals surface area contributed by atoms with E-state index in [-0.39, 0.29) is 21.4 Å². The number of nitrogens with zero attached hydrogens (tertiary/aromatic N) is 1. The third-order valence-corrected chi connectivity index (χ3v) is 4.73. The molecule has 6 nitrogen and oxygen atoms in total. The maximum Gasteiger partial charge on any atom is 0.266 e. The third-order valence-electron chi connectivity index (χ3n) is 2.68. The van der Waals surface area contributed by atoms with Crippen molar-refractivity contribution in [2.75, 3.05) is 11.4 Å². The number of pyridine rings is 1. The lowest BCUT2D eigenvalue weighted by molar-refractivity contribution is 0.475. The standard InChI is InChI=1S/C12H11ClN2O4S/c1-15(8-3-2-4-9(16)5-8)20(18,19)10-6-11(13)12(17)14-7-10/h2-7,16H,1H3,(H,14,17). The summed E-state index contributed by atoms with van der Waals surface area (Å²) in [4.78, 5) is 13.3. The van der Waals surface area contributed by atoms with Crippen LogP contribution in [0.5, 0.6) is 5.75 Å². The van der Waals surface area contributed by atoms with Gasteiger partial charge in [-0.25, -0.2) is 8.42 Å². The summed E-state index contributed by atoms with van der Waals surface area (Å²) in [6, 6.07) is 6.88. The molecule has 0 saturated carbocycles. The number of halogens is 1. The predicted octanol–water partition coefficient (Wildman–Crippen LogP) is 1.56. The summed E-state index contributed by atoms with van der Waals surface area (Å²) in [7, 11) is -2.54. The van der Waals surface area contributed by atoms with Gasteiger partial charge in [0.1, 0.15) is 15.7 Å². The van der Waals surface area contributed by atoms with E-state index in [0.717, 1.165) is 16.6 Å². The zero-order chi connectivity index (χ0) is 14.9. The first-order valence-corrected chi connectivity index (χ1v) is 7.30. The topological polar surface area (TPSA) is 90.5 Å². The van der Waals surface area contributed by atoms with Gasteiger partial charge < -0.3 is 10.1 Å². The number of anilines is 1. The van der Waals surface area contributed by atoms with Crippen LogP contribution in [0.1, 0.15) is 0 Å². The Balaban J connectivity index is 2.49. The Morgan fingerprint density at radius 1 is 1.30 bits per heavy atom. The first kappa shape index (κ1) is 14.4. The fourth-order valence-electron chi connectivity index (χ4n) is 1.57. The van der Waals surface area contributed by atoms with Gasteiger partial charge in [-0.1, -0.05) is 17.7 Å². The van der Waals surface area contributed by atoms with Gasteiger partial charge >= 0.3 is 0 Å². The molecule has 2 aromatic rings. The van der Waals surface area contributed by atoms with Crippen LogP contribution in [0, 0.1) is 0 Å². The fraction of sp³-hybridized carbons (Fsp3) is 0.0833. The smallest absolute Gasteiger partial charge is 0.266 e. The van der Waals surface area contributed by atoms with Gasteiger partial charge in [0.25, 0.3) is 15.6 Å². The highest BCUT2D eigenvalue weighted by molar-refractivity contribution is 7.92. The molecule has 0 saturated heterocycles. The van der Waals surface area contributed by atoms with Crippen LogP contribution in [-0.4, -0.2) is 25.6 Å². The van der Waals surface area contributed by atoms with Gasteiger partial charge in [-0.05, 0) is 18.2 Å². The van der Waals surface area contributed by atoms with Gasteiger partial charge in [0.2, 0.25) is 0 Å². The molecule has 1 aromatic carbocycles. The summed E-state index contributed by atoms with van der Waals surface area (Å²) in [6.07, 6.45) is 1.07. The lowest BCUT2D eigenvalue weighted by Crippen LogP contribution is -2.27. The van der Waals surface area contributed by atoms with E-state index in [1.807, 2.05) is 0 Å². The van der Waals surface area contributed by atoms with Gasteiger partial charge in [-0.15, -0.1) is 0 Å². The maximum atomic E-state index is 12.4. The molecule has 0 amide bonds.